The van der Waals surface area contributed by atoms with Gasteiger partial charge in [-0.05, 0) is 115 Å². The van der Waals surface area contributed by atoms with Crippen LogP contribution in [0.3, 0.4) is 0 Å². The molecule has 12 aromatic rings. The van der Waals surface area contributed by atoms with Crippen LogP contribution in [0.25, 0.3) is 115 Å². The molecule has 2 aromatic heterocycles. The molecule has 0 amide bonds. The second-order valence-electron chi connectivity index (χ2n) is 14.6. The Labute approximate surface area is 322 Å². The summed E-state index contributed by atoms with van der Waals surface area (Å²) in [5, 5.41) is 12.0. The Kier molecular flexibility index (Phi) is 6.63. The normalized spacial score (nSPS) is 11.9. The van der Waals surface area contributed by atoms with Gasteiger partial charge in [0.25, 0.3) is 0 Å². The molecule has 0 unspecified atom stereocenters. The summed E-state index contributed by atoms with van der Waals surface area (Å²) in [6.45, 7) is 0. The summed E-state index contributed by atoms with van der Waals surface area (Å²) in [6.07, 6.45) is 0. The molecule has 0 aliphatic heterocycles. The lowest BCUT2D eigenvalue weighted by atomic mass is 9.83. The van der Waals surface area contributed by atoms with Crippen molar-refractivity contribution in [3.63, 3.8) is 0 Å². The van der Waals surface area contributed by atoms with Crippen LogP contribution in [0.15, 0.2) is 199 Å². The average molecular weight is 713 g/mol. The van der Waals surface area contributed by atoms with Gasteiger partial charge in [-0.3, -0.25) is 0 Å². The Morgan fingerprint density at radius 3 is 1.68 bits per heavy atom. The summed E-state index contributed by atoms with van der Waals surface area (Å²) in [6, 6.07) is 69.9. The first-order valence-electron chi connectivity index (χ1n) is 19.1. The number of nitrogens with zero attached hydrogens (tertiary/aromatic N) is 2. The first kappa shape index (κ1) is 30.9. The molecular weight excluding hydrogens is 681 g/mol. The summed E-state index contributed by atoms with van der Waals surface area (Å²) in [4.78, 5) is 4.93. The van der Waals surface area contributed by atoms with Crippen LogP contribution >= 0.6 is 0 Å². The van der Waals surface area contributed by atoms with Crippen molar-refractivity contribution >= 4 is 76.0 Å². The van der Waals surface area contributed by atoms with Crippen LogP contribution in [0.1, 0.15) is 0 Å². The molecular formula is C53H32N2O. The minimum atomic E-state index is 0.636. The van der Waals surface area contributed by atoms with E-state index in [0.29, 0.717) is 5.89 Å². The lowest BCUT2D eigenvalue weighted by Gasteiger charge is -2.19. The first-order chi connectivity index (χ1) is 27.8. The predicted molar refractivity (Wildman–Crippen MR) is 235 cm³/mol. The molecule has 12 rings (SSSR count). The molecule has 3 nitrogen and oxygen atoms in total. The van der Waals surface area contributed by atoms with Gasteiger partial charge in [0.15, 0.2) is 5.58 Å². The van der Waals surface area contributed by atoms with Gasteiger partial charge in [-0.1, -0.05) is 140 Å². The van der Waals surface area contributed by atoms with Gasteiger partial charge >= 0.3 is 0 Å². The van der Waals surface area contributed by atoms with Gasteiger partial charge in [0, 0.05) is 27.4 Å². The van der Waals surface area contributed by atoms with E-state index in [1.165, 1.54) is 71.0 Å². The fourth-order valence-electron chi connectivity index (χ4n) is 9.20. The molecule has 260 valence electrons. The fourth-order valence-corrected chi connectivity index (χ4v) is 9.20. The third kappa shape index (κ3) is 4.49. The lowest BCUT2D eigenvalue weighted by Crippen LogP contribution is -1.94. The molecule has 0 aliphatic carbocycles. The van der Waals surface area contributed by atoms with Gasteiger partial charge in [-0.25, -0.2) is 4.98 Å². The summed E-state index contributed by atoms with van der Waals surface area (Å²) < 4.78 is 8.98. The van der Waals surface area contributed by atoms with Crippen LogP contribution in [-0.4, -0.2) is 9.55 Å². The fraction of sp³-hybridized carbons (Fsp3) is 0. The molecule has 0 N–H and O–H groups in total. The highest BCUT2D eigenvalue weighted by atomic mass is 16.3. The standard InChI is InChI=1S/C53H32N2O/c1-3-15-33(16-4-1)53-54-46-29-27-35-32-45(37-19-7-8-21-39(37)50(35)52(46)56-53)51-42-24-11-9-22-40(42)49(41-23-10-12-25-43(41)51)34-28-30-48-44(31-34)38-20-13-14-26-47(38)55(48)36-17-5-2-6-18-36/h1-32H. The molecule has 10 aromatic carbocycles. The van der Waals surface area contributed by atoms with E-state index >= 15 is 0 Å². The number of aromatic nitrogens is 2. The molecule has 0 radical (unpaired) electrons. The van der Waals surface area contributed by atoms with Crippen LogP contribution in [0.2, 0.25) is 0 Å². The maximum Gasteiger partial charge on any atom is 0.227 e. The number of fused-ring (bicyclic) bond motifs is 10. The summed E-state index contributed by atoms with van der Waals surface area (Å²) in [7, 11) is 0. The molecule has 0 spiro atoms. The van der Waals surface area contributed by atoms with Crippen molar-refractivity contribution in [1.82, 2.24) is 9.55 Å². The molecule has 0 aliphatic rings. The highest BCUT2D eigenvalue weighted by Gasteiger charge is 2.22. The average Bonchev–Trinajstić information content (AvgIpc) is 3.85. The van der Waals surface area contributed by atoms with Crippen molar-refractivity contribution in [2.75, 3.05) is 0 Å². The Morgan fingerprint density at radius 2 is 0.964 bits per heavy atom. The molecule has 56 heavy (non-hydrogen) atoms. The highest BCUT2D eigenvalue weighted by molar-refractivity contribution is 6.28. The van der Waals surface area contributed by atoms with Crippen molar-refractivity contribution in [1.29, 1.82) is 0 Å². The van der Waals surface area contributed by atoms with Gasteiger partial charge < -0.3 is 8.98 Å². The molecule has 0 saturated heterocycles. The van der Waals surface area contributed by atoms with Crippen molar-refractivity contribution in [2.45, 2.75) is 0 Å². The summed E-state index contributed by atoms with van der Waals surface area (Å²) in [5.41, 5.74) is 11.1. The SMILES string of the molecule is c1ccc(-c2nc3ccc4cc(-c5c6ccccc6c(-c6ccc7c(c6)c6ccccc6n7-c6ccccc6)c6ccccc56)c5ccccc5c4c3o2)cc1. The largest absolute Gasteiger partial charge is 0.435 e. The quantitative estimate of drug-likeness (QED) is 0.134. The van der Waals surface area contributed by atoms with E-state index in [9.17, 15) is 0 Å². The third-order valence-electron chi connectivity index (χ3n) is 11.6. The van der Waals surface area contributed by atoms with E-state index in [0.717, 1.165) is 38.5 Å². The van der Waals surface area contributed by atoms with E-state index < -0.39 is 0 Å². The summed E-state index contributed by atoms with van der Waals surface area (Å²) >= 11 is 0. The smallest absolute Gasteiger partial charge is 0.227 e. The summed E-state index contributed by atoms with van der Waals surface area (Å²) in [5.74, 6) is 0.636. The predicted octanol–water partition coefficient (Wildman–Crippen LogP) is 14.5. The van der Waals surface area contributed by atoms with Gasteiger partial charge in [-0.15, -0.1) is 0 Å². The second-order valence-corrected chi connectivity index (χ2v) is 14.6. The maximum absolute atomic E-state index is 6.60. The van der Waals surface area contributed by atoms with Crippen molar-refractivity contribution in [3.8, 4) is 39.4 Å². The van der Waals surface area contributed by atoms with E-state index in [1.54, 1.807) is 0 Å². The zero-order chi connectivity index (χ0) is 36.7. The van der Waals surface area contributed by atoms with Crippen LogP contribution in [0.4, 0.5) is 0 Å². The monoisotopic (exact) mass is 712 g/mol. The van der Waals surface area contributed by atoms with Gasteiger partial charge in [0.2, 0.25) is 5.89 Å². The van der Waals surface area contributed by atoms with Crippen LogP contribution < -0.4 is 0 Å². The Balaban J connectivity index is 1.14. The molecule has 2 heterocycles. The van der Waals surface area contributed by atoms with Crippen LogP contribution in [0.5, 0.6) is 0 Å². The van der Waals surface area contributed by atoms with Crippen molar-refractivity contribution in [3.05, 3.63) is 194 Å². The zero-order valence-electron chi connectivity index (χ0n) is 30.3. The van der Waals surface area contributed by atoms with Crippen molar-refractivity contribution in [2.24, 2.45) is 0 Å². The number of benzene rings is 10. The van der Waals surface area contributed by atoms with Gasteiger partial charge in [-0.2, -0.15) is 0 Å². The number of para-hydroxylation sites is 2. The van der Waals surface area contributed by atoms with E-state index in [2.05, 4.69) is 168 Å². The van der Waals surface area contributed by atoms with Crippen LogP contribution in [0, 0.1) is 0 Å². The Bertz CT molecular complexity index is 3460. The second kappa shape index (κ2) is 12.0. The van der Waals surface area contributed by atoms with Gasteiger partial charge in [0.05, 0.1) is 11.0 Å². The number of rotatable bonds is 4. The molecule has 0 bridgehead atoms. The number of hydrogen-bond donors (Lipinski definition) is 0. The number of oxazole rings is 1. The zero-order valence-corrected chi connectivity index (χ0v) is 30.3. The van der Waals surface area contributed by atoms with Gasteiger partial charge in [0.1, 0.15) is 5.52 Å². The van der Waals surface area contributed by atoms with E-state index in [1.807, 2.05) is 30.3 Å². The third-order valence-corrected chi connectivity index (χ3v) is 11.6. The minimum absolute atomic E-state index is 0.636. The molecule has 0 atom stereocenters. The lowest BCUT2D eigenvalue weighted by molar-refractivity contribution is 0.623. The topological polar surface area (TPSA) is 31.0 Å². The maximum atomic E-state index is 6.60. The van der Waals surface area contributed by atoms with Crippen molar-refractivity contribution < 1.29 is 4.42 Å². The molecule has 0 saturated carbocycles. The van der Waals surface area contributed by atoms with E-state index in [4.69, 9.17) is 9.40 Å². The highest BCUT2D eigenvalue weighted by Crippen LogP contribution is 2.48. The minimum Gasteiger partial charge on any atom is -0.435 e. The first-order valence-corrected chi connectivity index (χ1v) is 19.1. The van der Waals surface area contributed by atoms with Crippen LogP contribution in [-0.2, 0) is 0 Å². The number of hydrogen-bond acceptors (Lipinski definition) is 2. The molecule has 3 heteroatoms. The Hall–Kier alpha value is -7.49. The molecule has 0 fully saturated rings. The Morgan fingerprint density at radius 1 is 0.393 bits per heavy atom. The van der Waals surface area contributed by atoms with E-state index in [-0.39, 0.29) is 0 Å².